The number of amides is 3. The summed E-state index contributed by atoms with van der Waals surface area (Å²) >= 11 is 0. The van der Waals surface area contributed by atoms with Gasteiger partial charge < -0.3 is 4.90 Å². The zero-order valence-electron chi connectivity index (χ0n) is 11.7. The predicted octanol–water partition coefficient (Wildman–Crippen LogP) is -0.267. The standard InChI is InChI=1S/C13H21N3O3/c1-4-15(3)12(18)8(2)14-10-7-11(17)16(13(10)19)9-5-6-9/h8-10,14H,4-7H2,1-3H3. The smallest absolute Gasteiger partial charge is 0.247 e. The first-order valence-electron chi connectivity index (χ1n) is 6.82. The van der Waals surface area contributed by atoms with E-state index in [1.54, 1.807) is 18.9 Å². The summed E-state index contributed by atoms with van der Waals surface area (Å²) in [5.74, 6) is -0.354. The molecular formula is C13H21N3O3. The van der Waals surface area contributed by atoms with Crippen LogP contribution in [0.1, 0.15) is 33.1 Å². The monoisotopic (exact) mass is 267 g/mol. The molecule has 6 heteroatoms. The van der Waals surface area contributed by atoms with Crippen LogP contribution < -0.4 is 5.32 Å². The van der Waals surface area contributed by atoms with Crippen LogP contribution in [0, 0.1) is 0 Å². The Morgan fingerprint density at radius 2 is 2.11 bits per heavy atom. The SMILES string of the molecule is CCN(C)C(=O)C(C)NC1CC(=O)N(C2CC2)C1=O. The van der Waals surface area contributed by atoms with E-state index in [0.29, 0.717) is 6.54 Å². The van der Waals surface area contributed by atoms with Gasteiger partial charge in [-0.1, -0.05) is 0 Å². The Labute approximate surface area is 113 Å². The molecule has 2 unspecified atom stereocenters. The molecule has 0 radical (unpaired) electrons. The quantitative estimate of drug-likeness (QED) is 0.696. The van der Waals surface area contributed by atoms with Crippen LogP contribution >= 0.6 is 0 Å². The molecule has 0 aromatic heterocycles. The summed E-state index contributed by atoms with van der Waals surface area (Å²) in [6, 6.07) is -0.890. The van der Waals surface area contributed by atoms with Gasteiger partial charge in [0.25, 0.3) is 0 Å². The van der Waals surface area contributed by atoms with Crippen LogP contribution in [-0.4, -0.2) is 59.2 Å². The molecule has 2 rings (SSSR count). The molecule has 106 valence electrons. The van der Waals surface area contributed by atoms with Crippen LogP contribution in [0.5, 0.6) is 0 Å². The zero-order chi connectivity index (χ0) is 14.2. The molecule has 1 heterocycles. The number of nitrogens with zero attached hydrogens (tertiary/aromatic N) is 2. The Morgan fingerprint density at radius 3 is 2.63 bits per heavy atom. The molecule has 1 N–H and O–H groups in total. The number of imide groups is 1. The van der Waals surface area contributed by atoms with Gasteiger partial charge in [-0.25, -0.2) is 0 Å². The van der Waals surface area contributed by atoms with Crippen LogP contribution in [0.2, 0.25) is 0 Å². The second-order valence-electron chi connectivity index (χ2n) is 5.33. The highest BCUT2D eigenvalue weighted by atomic mass is 16.2. The molecule has 1 saturated carbocycles. The van der Waals surface area contributed by atoms with Gasteiger partial charge in [0.15, 0.2) is 0 Å². The molecule has 0 spiro atoms. The van der Waals surface area contributed by atoms with Crippen molar-refractivity contribution in [2.75, 3.05) is 13.6 Å². The van der Waals surface area contributed by atoms with Gasteiger partial charge in [-0.05, 0) is 26.7 Å². The highest BCUT2D eigenvalue weighted by Gasteiger charge is 2.46. The van der Waals surface area contributed by atoms with Crippen molar-refractivity contribution < 1.29 is 14.4 Å². The third-order valence-corrected chi connectivity index (χ3v) is 3.77. The number of nitrogens with one attached hydrogen (secondary N) is 1. The molecule has 2 fully saturated rings. The van der Waals surface area contributed by atoms with E-state index in [4.69, 9.17) is 0 Å². The van der Waals surface area contributed by atoms with Gasteiger partial charge >= 0.3 is 0 Å². The van der Waals surface area contributed by atoms with Gasteiger partial charge in [0.05, 0.1) is 18.5 Å². The minimum absolute atomic E-state index is 0.0624. The third-order valence-electron chi connectivity index (χ3n) is 3.77. The Morgan fingerprint density at radius 1 is 1.47 bits per heavy atom. The largest absolute Gasteiger partial charge is 0.345 e. The Kier molecular flexibility index (Phi) is 3.89. The molecule has 1 saturated heterocycles. The molecule has 19 heavy (non-hydrogen) atoms. The average Bonchev–Trinajstić information content (AvgIpc) is 3.16. The van der Waals surface area contributed by atoms with E-state index in [-0.39, 0.29) is 30.2 Å². The van der Waals surface area contributed by atoms with Gasteiger partial charge in [0, 0.05) is 19.6 Å². The van der Waals surface area contributed by atoms with Crippen molar-refractivity contribution in [2.24, 2.45) is 0 Å². The molecule has 2 aliphatic rings. The Hall–Kier alpha value is -1.43. The van der Waals surface area contributed by atoms with Gasteiger partial charge in [-0.3, -0.25) is 24.6 Å². The van der Waals surface area contributed by atoms with Crippen LogP contribution in [0.15, 0.2) is 0 Å². The normalized spacial score (nSPS) is 24.8. The lowest BCUT2D eigenvalue weighted by Gasteiger charge is -2.22. The number of carbonyl (C=O) groups excluding carboxylic acids is 3. The highest BCUT2D eigenvalue weighted by Crippen LogP contribution is 2.31. The van der Waals surface area contributed by atoms with Crippen molar-refractivity contribution in [3.05, 3.63) is 0 Å². The first-order valence-corrected chi connectivity index (χ1v) is 6.82. The minimum Gasteiger partial charge on any atom is -0.345 e. The molecule has 2 atom stereocenters. The Balaban J connectivity index is 1.94. The second-order valence-corrected chi connectivity index (χ2v) is 5.33. The van der Waals surface area contributed by atoms with E-state index in [9.17, 15) is 14.4 Å². The lowest BCUT2D eigenvalue weighted by molar-refractivity contribution is -0.139. The fourth-order valence-corrected chi connectivity index (χ4v) is 2.36. The number of likely N-dealkylation sites (tertiary alicyclic amines) is 1. The molecule has 1 aliphatic carbocycles. The van der Waals surface area contributed by atoms with E-state index in [1.165, 1.54) is 4.90 Å². The first kappa shape index (κ1) is 14.0. The van der Waals surface area contributed by atoms with E-state index < -0.39 is 12.1 Å². The van der Waals surface area contributed by atoms with Crippen LogP contribution in [0.25, 0.3) is 0 Å². The summed E-state index contributed by atoms with van der Waals surface area (Å²) in [6.45, 7) is 4.24. The van der Waals surface area contributed by atoms with Crippen LogP contribution in [-0.2, 0) is 14.4 Å². The van der Waals surface area contributed by atoms with Crippen molar-refractivity contribution in [3.8, 4) is 0 Å². The lowest BCUT2D eigenvalue weighted by atomic mass is 10.2. The molecular weight excluding hydrogens is 246 g/mol. The van der Waals surface area contributed by atoms with E-state index in [1.807, 2.05) is 6.92 Å². The maximum atomic E-state index is 12.1. The van der Waals surface area contributed by atoms with Crippen molar-refractivity contribution >= 4 is 17.7 Å². The van der Waals surface area contributed by atoms with Gasteiger partial charge in [-0.2, -0.15) is 0 Å². The van der Waals surface area contributed by atoms with Gasteiger partial charge in [0.2, 0.25) is 17.7 Å². The second kappa shape index (κ2) is 5.28. The topological polar surface area (TPSA) is 69.7 Å². The summed E-state index contributed by atoms with van der Waals surface area (Å²) in [5.41, 5.74) is 0. The van der Waals surface area contributed by atoms with Crippen LogP contribution in [0.4, 0.5) is 0 Å². The molecule has 3 amide bonds. The molecule has 0 bridgehead atoms. The van der Waals surface area contributed by atoms with Gasteiger partial charge in [-0.15, -0.1) is 0 Å². The molecule has 0 aromatic rings. The maximum Gasteiger partial charge on any atom is 0.247 e. The zero-order valence-corrected chi connectivity index (χ0v) is 11.7. The average molecular weight is 267 g/mol. The fraction of sp³-hybridized carbons (Fsp3) is 0.769. The first-order chi connectivity index (χ1) is 8.95. The fourth-order valence-electron chi connectivity index (χ4n) is 2.36. The van der Waals surface area contributed by atoms with Crippen molar-refractivity contribution in [1.82, 2.24) is 15.1 Å². The highest BCUT2D eigenvalue weighted by molar-refractivity contribution is 6.06. The van der Waals surface area contributed by atoms with E-state index >= 15 is 0 Å². The van der Waals surface area contributed by atoms with Crippen molar-refractivity contribution in [3.63, 3.8) is 0 Å². The van der Waals surface area contributed by atoms with E-state index in [2.05, 4.69) is 5.32 Å². The minimum atomic E-state index is -0.544. The number of hydrogen-bond donors (Lipinski definition) is 1. The van der Waals surface area contributed by atoms with Crippen LogP contribution in [0.3, 0.4) is 0 Å². The van der Waals surface area contributed by atoms with Gasteiger partial charge in [0.1, 0.15) is 0 Å². The van der Waals surface area contributed by atoms with Crippen molar-refractivity contribution in [2.45, 2.75) is 51.2 Å². The molecule has 6 nitrogen and oxygen atoms in total. The number of carbonyl (C=O) groups is 3. The summed E-state index contributed by atoms with van der Waals surface area (Å²) in [7, 11) is 1.72. The number of rotatable bonds is 5. The molecule has 1 aliphatic heterocycles. The lowest BCUT2D eigenvalue weighted by Crippen LogP contribution is -2.49. The summed E-state index contributed by atoms with van der Waals surface area (Å²) < 4.78 is 0. The summed E-state index contributed by atoms with van der Waals surface area (Å²) in [4.78, 5) is 38.8. The maximum absolute atomic E-state index is 12.1. The number of hydrogen-bond acceptors (Lipinski definition) is 4. The predicted molar refractivity (Wildman–Crippen MR) is 69.2 cm³/mol. The number of likely N-dealkylation sites (N-methyl/N-ethyl adjacent to an activating group) is 1. The third kappa shape index (κ3) is 2.78. The van der Waals surface area contributed by atoms with Crippen molar-refractivity contribution in [1.29, 1.82) is 0 Å². The molecule has 0 aromatic carbocycles. The van der Waals surface area contributed by atoms with E-state index in [0.717, 1.165) is 12.8 Å². The Bertz CT molecular complexity index is 406. The summed E-state index contributed by atoms with van der Waals surface area (Å²) in [5, 5.41) is 2.98. The summed E-state index contributed by atoms with van der Waals surface area (Å²) in [6.07, 6.45) is 2.00.